The van der Waals surface area contributed by atoms with Gasteiger partial charge in [0.1, 0.15) is 0 Å². The zero-order chi connectivity index (χ0) is 11.1. The van der Waals surface area contributed by atoms with Crippen LogP contribution in [-0.2, 0) is 4.79 Å². The van der Waals surface area contributed by atoms with Gasteiger partial charge in [0.05, 0.1) is 0 Å². The summed E-state index contributed by atoms with van der Waals surface area (Å²) < 4.78 is 0. The topological polar surface area (TPSA) is 67.2 Å². The van der Waals surface area contributed by atoms with Gasteiger partial charge in [0.15, 0.2) is 0 Å². The van der Waals surface area contributed by atoms with Gasteiger partial charge in [-0.1, -0.05) is 12.8 Å². The van der Waals surface area contributed by atoms with Crippen LogP contribution in [0.1, 0.15) is 39.0 Å². The van der Waals surface area contributed by atoms with E-state index < -0.39 is 0 Å². The second-order valence-corrected chi connectivity index (χ2v) is 4.24. The molecule has 1 fully saturated rings. The van der Waals surface area contributed by atoms with Crippen LogP contribution in [0.25, 0.3) is 0 Å². The van der Waals surface area contributed by atoms with Crippen LogP contribution >= 0.6 is 0 Å². The molecule has 1 unspecified atom stereocenters. The SMILES string of the molecule is CCNC(=O)CC(CN)NC1CCCC1. The van der Waals surface area contributed by atoms with Crippen molar-refractivity contribution in [3.63, 3.8) is 0 Å². The standard InChI is InChI=1S/C11H23N3O/c1-2-13-11(15)7-10(8-12)14-9-5-3-4-6-9/h9-10,14H,2-8,12H2,1H3,(H,13,15). The third kappa shape index (κ3) is 4.62. The van der Waals surface area contributed by atoms with Crippen molar-refractivity contribution in [2.45, 2.75) is 51.1 Å². The first-order valence-corrected chi connectivity index (χ1v) is 5.99. The van der Waals surface area contributed by atoms with Crippen molar-refractivity contribution in [1.29, 1.82) is 0 Å². The Balaban J connectivity index is 2.24. The summed E-state index contributed by atoms with van der Waals surface area (Å²) in [6, 6.07) is 0.715. The summed E-state index contributed by atoms with van der Waals surface area (Å²) in [7, 11) is 0. The zero-order valence-electron chi connectivity index (χ0n) is 9.59. The summed E-state index contributed by atoms with van der Waals surface area (Å²) >= 11 is 0. The lowest BCUT2D eigenvalue weighted by atomic mass is 10.1. The van der Waals surface area contributed by atoms with Gasteiger partial charge in [0.2, 0.25) is 5.91 Å². The lowest BCUT2D eigenvalue weighted by Crippen LogP contribution is -2.44. The Labute approximate surface area is 92.0 Å². The van der Waals surface area contributed by atoms with Crippen molar-refractivity contribution < 1.29 is 4.79 Å². The molecule has 0 bridgehead atoms. The van der Waals surface area contributed by atoms with Gasteiger partial charge >= 0.3 is 0 Å². The summed E-state index contributed by atoms with van der Waals surface area (Å²) in [6.45, 7) is 3.16. The third-order valence-electron chi connectivity index (χ3n) is 2.92. The minimum Gasteiger partial charge on any atom is -0.356 e. The Morgan fingerprint density at radius 2 is 2.13 bits per heavy atom. The molecule has 0 heterocycles. The van der Waals surface area contributed by atoms with Crippen LogP contribution in [0, 0.1) is 0 Å². The van der Waals surface area contributed by atoms with Gasteiger partial charge in [-0.2, -0.15) is 0 Å². The summed E-state index contributed by atoms with van der Waals surface area (Å²) in [4.78, 5) is 11.4. The van der Waals surface area contributed by atoms with E-state index in [2.05, 4.69) is 10.6 Å². The molecule has 1 aliphatic carbocycles. The number of rotatable bonds is 6. The minimum absolute atomic E-state index is 0.0958. The Morgan fingerprint density at radius 3 is 2.67 bits per heavy atom. The van der Waals surface area contributed by atoms with Gasteiger partial charge in [-0.15, -0.1) is 0 Å². The predicted octanol–water partition coefficient (Wildman–Crippen LogP) is 0.372. The summed E-state index contributed by atoms with van der Waals surface area (Å²) in [5.74, 6) is 0.0958. The summed E-state index contributed by atoms with van der Waals surface area (Å²) in [5, 5.41) is 6.27. The van der Waals surface area contributed by atoms with Crippen molar-refractivity contribution in [3.8, 4) is 0 Å². The van der Waals surface area contributed by atoms with E-state index in [9.17, 15) is 4.79 Å². The molecule has 4 nitrogen and oxygen atoms in total. The van der Waals surface area contributed by atoms with Crippen LogP contribution in [0.15, 0.2) is 0 Å². The van der Waals surface area contributed by atoms with Crippen molar-refractivity contribution >= 4 is 5.91 Å². The maximum absolute atomic E-state index is 11.4. The fourth-order valence-corrected chi connectivity index (χ4v) is 2.13. The molecule has 1 saturated carbocycles. The van der Waals surface area contributed by atoms with Crippen LogP contribution in [0.2, 0.25) is 0 Å². The average Bonchev–Trinajstić information content (AvgIpc) is 2.70. The first kappa shape index (κ1) is 12.5. The maximum atomic E-state index is 11.4. The highest BCUT2D eigenvalue weighted by Gasteiger charge is 2.19. The fourth-order valence-electron chi connectivity index (χ4n) is 2.13. The number of carbonyl (C=O) groups excluding carboxylic acids is 1. The molecule has 1 rings (SSSR count). The molecular weight excluding hydrogens is 190 g/mol. The van der Waals surface area contributed by atoms with Crippen molar-refractivity contribution in [2.24, 2.45) is 5.73 Å². The van der Waals surface area contributed by atoms with E-state index in [1.54, 1.807) is 0 Å². The molecule has 0 aromatic carbocycles. The van der Waals surface area contributed by atoms with E-state index in [1.165, 1.54) is 25.7 Å². The molecule has 4 heteroatoms. The molecule has 0 aromatic rings. The highest BCUT2D eigenvalue weighted by Crippen LogP contribution is 2.18. The second-order valence-electron chi connectivity index (χ2n) is 4.24. The second kappa shape index (κ2) is 6.80. The van der Waals surface area contributed by atoms with Gasteiger partial charge in [0, 0.05) is 31.6 Å². The maximum Gasteiger partial charge on any atom is 0.221 e. The highest BCUT2D eigenvalue weighted by molar-refractivity contribution is 5.76. The van der Waals surface area contributed by atoms with Gasteiger partial charge in [-0.3, -0.25) is 4.79 Å². The number of amides is 1. The zero-order valence-corrected chi connectivity index (χ0v) is 9.59. The average molecular weight is 213 g/mol. The summed E-state index contributed by atoms with van der Waals surface area (Å²) in [5.41, 5.74) is 5.65. The van der Waals surface area contributed by atoms with Crippen molar-refractivity contribution in [3.05, 3.63) is 0 Å². The van der Waals surface area contributed by atoms with Crippen molar-refractivity contribution in [1.82, 2.24) is 10.6 Å². The monoisotopic (exact) mass is 213 g/mol. The first-order chi connectivity index (χ1) is 7.26. The minimum atomic E-state index is 0.0958. The quantitative estimate of drug-likeness (QED) is 0.597. The third-order valence-corrected chi connectivity index (χ3v) is 2.92. The molecule has 88 valence electrons. The first-order valence-electron chi connectivity index (χ1n) is 5.99. The Hall–Kier alpha value is -0.610. The number of hydrogen-bond acceptors (Lipinski definition) is 3. The molecule has 0 radical (unpaired) electrons. The lowest BCUT2D eigenvalue weighted by molar-refractivity contribution is -0.121. The molecular formula is C11H23N3O. The number of hydrogen-bond donors (Lipinski definition) is 3. The fraction of sp³-hybridized carbons (Fsp3) is 0.909. The Kier molecular flexibility index (Phi) is 5.65. The number of carbonyl (C=O) groups is 1. The van der Waals surface area contributed by atoms with Gasteiger partial charge < -0.3 is 16.4 Å². The highest BCUT2D eigenvalue weighted by atomic mass is 16.1. The normalized spacial score (nSPS) is 19.1. The lowest BCUT2D eigenvalue weighted by Gasteiger charge is -2.21. The van der Waals surface area contributed by atoms with Gasteiger partial charge in [0.25, 0.3) is 0 Å². The molecule has 1 amide bonds. The molecule has 1 aliphatic rings. The smallest absolute Gasteiger partial charge is 0.221 e. The number of nitrogens with two attached hydrogens (primary N) is 1. The predicted molar refractivity (Wildman–Crippen MR) is 61.5 cm³/mol. The van der Waals surface area contributed by atoms with Crippen molar-refractivity contribution in [2.75, 3.05) is 13.1 Å². The molecule has 0 aromatic heterocycles. The molecule has 0 spiro atoms. The van der Waals surface area contributed by atoms with Crippen LogP contribution < -0.4 is 16.4 Å². The molecule has 1 atom stereocenters. The largest absolute Gasteiger partial charge is 0.356 e. The van der Waals surface area contributed by atoms with Crippen LogP contribution in [0.4, 0.5) is 0 Å². The van der Waals surface area contributed by atoms with E-state index >= 15 is 0 Å². The van der Waals surface area contributed by atoms with Crippen LogP contribution in [-0.4, -0.2) is 31.1 Å². The summed E-state index contributed by atoms with van der Waals surface area (Å²) in [6.07, 6.45) is 5.56. The van der Waals surface area contributed by atoms with Crippen LogP contribution in [0.3, 0.4) is 0 Å². The van der Waals surface area contributed by atoms with E-state index in [0.29, 0.717) is 25.6 Å². The van der Waals surface area contributed by atoms with E-state index in [1.807, 2.05) is 6.92 Å². The van der Waals surface area contributed by atoms with Gasteiger partial charge in [-0.05, 0) is 19.8 Å². The molecule has 15 heavy (non-hydrogen) atoms. The van der Waals surface area contributed by atoms with E-state index in [0.717, 1.165) is 0 Å². The Morgan fingerprint density at radius 1 is 1.47 bits per heavy atom. The Bertz CT molecular complexity index is 190. The van der Waals surface area contributed by atoms with Gasteiger partial charge in [-0.25, -0.2) is 0 Å². The number of nitrogens with one attached hydrogen (secondary N) is 2. The molecule has 0 aliphatic heterocycles. The van der Waals surface area contributed by atoms with Crippen LogP contribution in [0.5, 0.6) is 0 Å². The molecule has 4 N–H and O–H groups in total. The van der Waals surface area contributed by atoms with E-state index in [4.69, 9.17) is 5.73 Å². The van der Waals surface area contributed by atoms with E-state index in [-0.39, 0.29) is 11.9 Å². The molecule has 0 saturated heterocycles.